The molecular weight excluding hydrogens is 188 g/mol. The Labute approximate surface area is 89.3 Å². The van der Waals surface area contributed by atoms with Crippen molar-refractivity contribution in [2.24, 2.45) is 0 Å². The normalized spacial score (nSPS) is 10.2. The summed E-state index contributed by atoms with van der Waals surface area (Å²) in [7, 11) is 0. The number of hydrogen-bond acceptors (Lipinski definition) is 2. The Morgan fingerprint density at radius 3 is 2.73 bits per heavy atom. The van der Waals surface area contributed by atoms with E-state index in [1.807, 2.05) is 48.0 Å². The van der Waals surface area contributed by atoms with Crippen LogP contribution in [0.5, 0.6) is 5.88 Å². The molecule has 15 heavy (non-hydrogen) atoms. The van der Waals surface area contributed by atoms with Gasteiger partial charge in [0.05, 0.1) is 6.20 Å². The molecule has 0 fully saturated rings. The molecule has 2 aromatic rings. The topological polar surface area (TPSA) is 27.1 Å². The lowest BCUT2D eigenvalue weighted by Gasteiger charge is -2.07. The molecule has 3 nitrogen and oxygen atoms in total. The number of rotatable bonds is 4. The molecule has 0 atom stereocenters. The van der Waals surface area contributed by atoms with Crippen molar-refractivity contribution in [3.05, 3.63) is 48.2 Å². The Balaban J connectivity index is 1.99. The van der Waals surface area contributed by atoms with E-state index in [9.17, 15) is 0 Å². The van der Waals surface area contributed by atoms with E-state index in [1.54, 1.807) is 6.20 Å². The molecule has 78 valence electrons. The van der Waals surface area contributed by atoms with Gasteiger partial charge in [-0.2, -0.15) is 5.10 Å². The van der Waals surface area contributed by atoms with Gasteiger partial charge in [-0.1, -0.05) is 30.3 Å². The first-order valence-corrected chi connectivity index (χ1v) is 5.08. The summed E-state index contributed by atoms with van der Waals surface area (Å²) in [5, 5.41) is 4.14. The lowest BCUT2D eigenvalue weighted by Crippen LogP contribution is -2.03. The van der Waals surface area contributed by atoms with Crippen molar-refractivity contribution in [2.75, 3.05) is 0 Å². The fourth-order valence-electron chi connectivity index (χ4n) is 1.41. The minimum atomic E-state index is 0.590. The van der Waals surface area contributed by atoms with Crippen molar-refractivity contribution >= 4 is 0 Å². The molecular formula is C12H14N2O. The molecule has 1 heterocycles. The molecule has 0 radical (unpaired) electrons. The van der Waals surface area contributed by atoms with Crippen molar-refractivity contribution in [3.8, 4) is 5.88 Å². The summed E-state index contributed by atoms with van der Waals surface area (Å²) in [6.45, 7) is 3.46. The maximum Gasteiger partial charge on any atom is 0.212 e. The Morgan fingerprint density at radius 2 is 2.00 bits per heavy atom. The van der Waals surface area contributed by atoms with Crippen LogP contribution in [0.3, 0.4) is 0 Å². The molecule has 0 saturated heterocycles. The second kappa shape index (κ2) is 4.64. The number of aryl methyl sites for hydroxylation is 1. The molecule has 0 N–H and O–H groups in total. The van der Waals surface area contributed by atoms with Crippen LogP contribution >= 0.6 is 0 Å². The number of benzene rings is 1. The minimum Gasteiger partial charge on any atom is -0.473 e. The van der Waals surface area contributed by atoms with Gasteiger partial charge in [0.25, 0.3) is 0 Å². The molecule has 0 spiro atoms. The van der Waals surface area contributed by atoms with Crippen molar-refractivity contribution < 1.29 is 4.74 Å². The van der Waals surface area contributed by atoms with Crippen LogP contribution in [0.15, 0.2) is 42.6 Å². The summed E-state index contributed by atoms with van der Waals surface area (Å²) in [4.78, 5) is 0. The summed E-state index contributed by atoms with van der Waals surface area (Å²) in [5.41, 5.74) is 1.17. The van der Waals surface area contributed by atoms with E-state index in [1.165, 1.54) is 5.56 Å². The Bertz CT molecular complexity index is 409. The number of hydrogen-bond donors (Lipinski definition) is 0. The Morgan fingerprint density at radius 1 is 1.20 bits per heavy atom. The molecule has 3 heteroatoms. The van der Waals surface area contributed by atoms with Crippen LogP contribution < -0.4 is 4.74 Å². The third kappa shape index (κ3) is 2.37. The zero-order valence-electron chi connectivity index (χ0n) is 8.76. The summed E-state index contributed by atoms with van der Waals surface area (Å²) in [5.74, 6) is 0.821. The van der Waals surface area contributed by atoms with Crippen LogP contribution in [0.2, 0.25) is 0 Å². The van der Waals surface area contributed by atoms with E-state index >= 15 is 0 Å². The number of nitrogens with zero attached hydrogens (tertiary/aromatic N) is 2. The largest absolute Gasteiger partial charge is 0.473 e. The molecule has 0 aliphatic rings. The highest BCUT2D eigenvalue weighted by Gasteiger charge is 2.00. The van der Waals surface area contributed by atoms with Gasteiger partial charge in [0.1, 0.15) is 6.61 Å². The summed E-state index contributed by atoms with van der Waals surface area (Å²) in [6, 6.07) is 12.0. The van der Waals surface area contributed by atoms with Gasteiger partial charge in [-0.3, -0.25) is 0 Å². The van der Waals surface area contributed by atoms with Crippen molar-refractivity contribution in [2.45, 2.75) is 20.1 Å². The molecule has 0 aliphatic carbocycles. The van der Waals surface area contributed by atoms with Gasteiger partial charge in [0, 0.05) is 12.6 Å². The number of aromatic nitrogens is 2. The summed E-state index contributed by atoms with van der Waals surface area (Å²) in [6.07, 6.45) is 1.75. The number of ether oxygens (including phenoxy) is 1. The van der Waals surface area contributed by atoms with Gasteiger partial charge in [0.2, 0.25) is 5.88 Å². The average molecular weight is 202 g/mol. The van der Waals surface area contributed by atoms with E-state index in [-0.39, 0.29) is 0 Å². The van der Waals surface area contributed by atoms with Gasteiger partial charge >= 0.3 is 0 Å². The van der Waals surface area contributed by atoms with Gasteiger partial charge in [-0.05, 0) is 12.5 Å². The van der Waals surface area contributed by atoms with E-state index in [4.69, 9.17) is 4.74 Å². The van der Waals surface area contributed by atoms with Crippen LogP contribution in [0, 0.1) is 0 Å². The fraction of sp³-hybridized carbons (Fsp3) is 0.250. The maximum absolute atomic E-state index is 5.65. The highest BCUT2D eigenvalue weighted by atomic mass is 16.5. The SMILES string of the molecule is CCn1nccc1OCc1ccccc1. The molecule has 0 amide bonds. The zero-order valence-corrected chi connectivity index (χ0v) is 8.76. The first-order valence-electron chi connectivity index (χ1n) is 5.08. The highest BCUT2D eigenvalue weighted by molar-refractivity contribution is 5.15. The van der Waals surface area contributed by atoms with E-state index < -0.39 is 0 Å². The third-order valence-electron chi connectivity index (χ3n) is 2.21. The van der Waals surface area contributed by atoms with Crippen molar-refractivity contribution in [1.29, 1.82) is 0 Å². The van der Waals surface area contributed by atoms with E-state index in [2.05, 4.69) is 5.10 Å². The van der Waals surface area contributed by atoms with Crippen LogP contribution in [0.25, 0.3) is 0 Å². The molecule has 1 aromatic carbocycles. The lowest BCUT2D eigenvalue weighted by molar-refractivity contribution is 0.274. The Hall–Kier alpha value is -1.77. The summed E-state index contributed by atoms with van der Waals surface area (Å²) >= 11 is 0. The molecule has 1 aromatic heterocycles. The van der Waals surface area contributed by atoms with Gasteiger partial charge in [-0.25, -0.2) is 4.68 Å². The quantitative estimate of drug-likeness (QED) is 0.761. The average Bonchev–Trinajstić information content (AvgIpc) is 2.75. The van der Waals surface area contributed by atoms with Crippen molar-refractivity contribution in [3.63, 3.8) is 0 Å². The summed E-state index contributed by atoms with van der Waals surface area (Å²) < 4.78 is 7.49. The van der Waals surface area contributed by atoms with Crippen LogP contribution in [-0.2, 0) is 13.2 Å². The molecule has 2 rings (SSSR count). The van der Waals surface area contributed by atoms with Gasteiger partial charge in [0.15, 0.2) is 0 Å². The fourth-order valence-corrected chi connectivity index (χ4v) is 1.41. The first-order chi connectivity index (χ1) is 7.40. The first kappa shape index (κ1) is 9.77. The van der Waals surface area contributed by atoms with Gasteiger partial charge in [-0.15, -0.1) is 0 Å². The second-order valence-corrected chi connectivity index (χ2v) is 3.26. The van der Waals surface area contributed by atoms with E-state index in [0.29, 0.717) is 6.61 Å². The van der Waals surface area contributed by atoms with Gasteiger partial charge < -0.3 is 4.74 Å². The standard InChI is InChI=1S/C12H14N2O/c1-2-14-12(8-9-13-14)15-10-11-6-4-3-5-7-11/h3-9H,2,10H2,1H3. The smallest absolute Gasteiger partial charge is 0.212 e. The monoisotopic (exact) mass is 202 g/mol. The Kier molecular flexibility index (Phi) is 3.02. The molecule has 0 aliphatic heterocycles. The molecule has 0 bridgehead atoms. The molecule has 0 saturated carbocycles. The van der Waals surface area contributed by atoms with Crippen LogP contribution in [0.1, 0.15) is 12.5 Å². The van der Waals surface area contributed by atoms with E-state index in [0.717, 1.165) is 12.4 Å². The maximum atomic E-state index is 5.65. The van der Waals surface area contributed by atoms with Crippen LogP contribution in [-0.4, -0.2) is 9.78 Å². The zero-order chi connectivity index (χ0) is 10.5. The third-order valence-corrected chi connectivity index (χ3v) is 2.21. The highest BCUT2D eigenvalue weighted by Crippen LogP contribution is 2.11. The second-order valence-electron chi connectivity index (χ2n) is 3.26. The molecule has 0 unspecified atom stereocenters. The predicted octanol–water partition coefficient (Wildman–Crippen LogP) is 2.48. The lowest BCUT2D eigenvalue weighted by atomic mass is 10.2. The minimum absolute atomic E-state index is 0.590. The van der Waals surface area contributed by atoms with Crippen LogP contribution in [0.4, 0.5) is 0 Å². The predicted molar refractivity (Wildman–Crippen MR) is 58.7 cm³/mol. The van der Waals surface area contributed by atoms with Crippen molar-refractivity contribution in [1.82, 2.24) is 9.78 Å².